The van der Waals surface area contributed by atoms with Gasteiger partial charge < -0.3 is 0 Å². The summed E-state index contributed by atoms with van der Waals surface area (Å²) in [5.74, 6) is -0.613. The van der Waals surface area contributed by atoms with Crippen molar-refractivity contribution in [2.24, 2.45) is 7.05 Å². The molecular formula is C17H21N3O3S. The molecule has 6 nitrogen and oxygen atoms in total. The quantitative estimate of drug-likeness (QED) is 0.795. The van der Waals surface area contributed by atoms with Gasteiger partial charge in [0.15, 0.2) is 0 Å². The Bertz CT molecular complexity index is 894. The number of hydrogen-bond acceptors (Lipinski definition) is 4. The van der Waals surface area contributed by atoms with Crippen LogP contribution in [-0.4, -0.2) is 35.5 Å². The summed E-state index contributed by atoms with van der Waals surface area (Å²) >= 11 is 0. The minimum absolute atomic E-state index is 0.0890. The summed E-state index contributed by atoms with van der Waals surface area (Å²) in [6.07, 6.45) is 2.85. The topological polar surface area (TPSA) is 72.3 Å². The van der Waals surface area contributed by atoms with Crippen molar-refractivity contribution >= 4 is 22.0 Å². The average Bonchev–Trinajstić information content (AvgIpc) is 2.77. The summed E-state index contributed by atoms with van der Waals surface area (Å²) < 4.78 is 27.4. The molecule has 0 N–H and O–H groups in total. The van der Waals surface area contributed by atoms with Crippen molar-refractivity contribution in [1.82, 2.24) is 14.1 Å². The van der Waals surface area contributed by atoms with Crippen LogP contribution in [0.5, 0.6) is 0 Å². The Kier molecular flexibility index (Phi) is 4.94. The van der Waals surface area contributed by atoms with Gasteiger partial charge in [-0.15, -0.1) is 0 Å². The summed E-state index contributed by atoms with van der Waals surface area (Å²) in [5.41, 5.74) is 3.45. The molecule has 1 aromatic carbocycles. The van der Waals surface area contributed by atoms with Crippen LogP contribution in [0, 0.1) is 20.8 Å². The summed E-state index contributed by atoms with van der Waals surface area (Å²) in [6, 6.07) is 6.38. The third kappa shape index (κ3) is 3.41. The molecule has 1 heterocycles. The van der Waals surface area contributed by atoms with Crippen molar-refractivity contribution in [1.29, 1.82) is 0 Å². The number of likely N-dealkylation sites (N-methyl/N-ethyl adjacent to an activating group) is 1. The van der Waals surface area contributed by atoms with E-state index < -0.39 is 15.9 Å². The van der Waals surface area contributed by atoms with E-state index in [9.17, 15) is 13.2 Å². The lowest BCUT2D eigenvalue weighted by Gasteiger charge is -2.15. The summed E-state index contributed by atoms with van der Waals surface area (Å²) in [4.78, 5) is 12.4. The number of carbonyl (C=O) groups is 1. The number of hydrogen-bond donors (Lipinski definition) is 0. The van der Waals surface area contributed by atoms with Crippen LogP contribution in [0.15, 0.2) is 35.2 Å². The molecule has 0 radical (unpaired) electrons. The van der Waals surface area contributed by atoms with Crippen LogP contribution in [0.25, 0.3) is 6.08 Å². The SMILES string of the molecule is Cc1ccc(S(=O)(=O)N(C)C(=O)C=Cc2c(C)nn(C)c2C)cc1. The molecule has 7 heteroatoms. The molecule has 0 aliphatic rings. The number of nitrogens with zero attached hydrogens (tertiary/aromatic N) is 3. The van der Waals surface area contributed by atoms with Crippen molar-refractivity contribution in [2.75, 3.05) is 7.05 Å². The predicted molar refractivity (Wildman–Crippen MR) is 92.9 cm³/mol. The molecule has 128 valence electrons. The van der Waals surface area contributed by atoms with Crippen molar-refractivity contribution in [3.05, 3.63) is 52.9 Å². The molecule has 0 aliphatic carbocycles. The number of aromatic nitrogens is 2. The van der Waals surface area contributed by atoms with Crippen molar-refractivity contribution in [3.63, 3.8) is 0 Å². The van der Waals surface area contributed by atoms with Gasteiger partial charge in [0.25, 0.3) is 15.9 Å². The highest BCUT2D eigenvalue weighted by molar-refractivity contribution is 7.89. The second-order valence-corrected chi connectivity index (χ2v) is 7.63. The maximum absolute atomic E-state index is 12.5. The first-order valence-corrected chi connectivity index (χ1v) is 8.86. The zero-order valence-corrected chi connectivity index (χ0v) is 15.3. The van der Waals surface area contributed by atoms with Crippen LogP contribution in [0.3, 0.4) is 0 Å². The fourth-order valence-corrected chi connectivity index (χ4v) is 3.37. The highest BCUT2D eigenvalue weighted by Crippen LogP contribution is 2.17. The largest absolute Gasteiger partial charge is 0.272 e. The fraction of sp³-hybridized carbons (Fsp3) is 0.294. The molecule has 0 atom stereocenters. The van der Waals surface area contributed by atoms with Gasteiger partial charge in [0.05, 0.1) is 10.6 Å². The van der Waals surface area contributed by atoms with Gasteiger partial charge in [-0.2, -0.15) is 5.10 Å². The Morgan fingerprint density at radius 2 is 1.75 bits per heavy atom. The van der Waals surface area contributed by atoms with E-state index in [4.69, 9.17) is 0 Å². The van der Waals surface area contributed by atoms with E-state index in [1.54, 1.807) is 22.9 Å². The van der Waals surface area contributed by atoms with Crippen LogP contribution in [-0.2, 0) is 21.9 Å². The molecule has 0 saturated heterocycles. The molecule has 2 rings (SSSR count). The van der Waals surface area contributed by atoms with Crippen LogP contribution in [0.1, 0.15) is 22.5 Å². The number of rotatable bonds is 4. The van der Waals surface area contributed by atoms with E-state index in [0.29, 0.717) is 0 Å². The number of amides is 1. The van der Waals surface area contributed by atoms with Crippen LogP contribution >= 0.6 is 0 Å². The molecule has 0 spiro atoms. The van der Waals surface area contributed by atoms with Crippen molar-refractivity contribution < 1.29 is 13.2 Å². The smallest absolute Gasteiger partial charge is 0.266 e. The molecule has 2 aromatic rings. The van der Waals surface area contributed by atoms with E-state index in [-0.39, 0.29) is 4.90 Å². The Balaban J connectivity index is 2.25. The molecular weight excluding hydrogens is 326 g/mol. The third-order valence-corrected chi connectivity index (χ3v) is 5.72. The molecule has 0 fully saturated rings. The number of benzene rings is 1. The Labute approximate surface area is 142 Å². The zero-order valence-electron chi connectivity index (χ0n) is 14.4. The lowest BCUT2D eigenvalue weighted by molar-refractivity contribution is -0.120. The normalized spacial score (nSPS) is 11.9. The zero-order chi connectivity index (χ0) is 18.1. The van der Waals surface area contributed by atoms with Gasteiger partial charge in [0, 0.05) is 31.4 Å². The summed E-state index contributed by atoms with van der Waals surface area (Å²) in [5, 5.41) is 4.26. The van der Waals surface area contributed by atoms with Crippen LogP contribution < -0.4 is 0 Å². The standard InChI is InChI=1S/C17H21N3O3S/c1-12-6-8-15(9-7-12)24(22,23)20(5)17(21)11-10-16-13(2)18-19(4)14(16)3/h6-11H,1-5H3. The Hall–Kier alpha value is -2.41. The van der Waals surface area contributed by atoms with E-state index in [1.165, 1.54) is 25.3 Å². The maximum Gasteiger partial charge on any atom is 0.266 e. The molecule has 0 bridgehead atoms. The van der Waals surface area contributed by atoms with Gasteiger partial charge in [-0.1, -0.05) is 17.7 Å². The number of aryl methyl sites for hydroxylation is 3. The maximum atomic E-state index is 12.5. The summed E-state index contributed by atoms with van der Waals surface area (Å²) in [6.45, 7) is 5.59. The molecule has 0 aliphatic heterocycles. The Morgan fingerprint density at radius 3 is 2.25 bits per heavy atom. The van der Waals surface area contributed by atoms with Gasteiger partial charge in [-0.25, -0.2) is 12.7 Å². The highest BCUT2D eigenvalue weighted by Gasteiger charge is 2.24. The molecule has 0 saturated carbocycles. The van der Waals surface area contributed by atoms with Gasteiger partial charge in [-0.05, 0) is 39.0 Å². The molecule has 1 aromatic heterocycles. The van der Waals surface area contributed by atoms with Crippen LogP contribution in [0.4, 0.5) is 0 Å². The van der Waals surface area contributed by atoms with Gasteiger partial charge in [0.2, 0.25) is 0 Å². The number of sulfonamides is 1. The molecule has 1 amide bonds. The second-order valence-electron chi connectivity index (χ2n) is 5.67. The third-order valence-electron chi connectivity index (χ3n) is 3.95. The molecule has 0 unspecified atom stereocenters. The highest BCUT2D eigenvalue weighted by atomic mass is 32.2. The Morgan fingerprint density at radius 1 is 1.17 bits per heavy atom. The first kappa shape index (κ1) is 17.9. The fourth-order valence-electron chi connectivity index (χ4n) is 2.28. The first-order valence-electron chi connectivity index (χ1n) is 7.42. The average molecular weight is 347 g/mol. The van der Waals surface area contributed by atoms with Crippen molar-refractivity contribution in [2.45, 2.75) is 25.7 Å². The number of carbonyl (C=O) groups excluding carboxylic acids is 1. The van der Waals surface area contributed by atoms with Gasteiger partial charge in [-0.3, -0.25) is 9.48 Å². The van der Waals surface area contributed by atoms with E-state index in [0.717, 1.165) is 26.8 Å². The summed E-state index contributed by atoms with van der Waals surface area (Å²) in [7, 11) is -0.793. The predicted octanol–water partition coefficient (Wildman–Crippen LogP) is 2.21. The lowest BCUT2D eigenvalue weighted by atomic mass is 10.2. The minimum atomic E-state index is -3.86. The van der Waals surface area contributed by atoms with E-state index in [1.807, 2.05) is 27.8 Å². The van der Waals surface area contributed by atoms with Gasteiger partial charge >= 0.3 is 0 Å². The van der Waals surface area contributed by atoms with E-state index in [2.05, 4.69) is 5.10 Å². The van der Waals surface area contributed by atoms with Crippen molar-refractivity contribution in [3.8, 4) is 0 Å². The van der Waals surface area contributed by atoms with E-state index >= 15 is 0 Å². The molecule has 24 heavy (non-hydrogen) atoms. The van der Waals surface area contributed by atoms with Gasteiger partial charge in [0.1, 0.15) is 0 Å². The monoisotopic (exact) mass is 347 g/mol. The van der Waals surface area contributed by atoms with Crippen LogP contribution in [0.2, 0.25) is 0 Å². The lowest BCUT2D eigenvalue weighted by Crippen LogP contribution is -2.31. The minimum Gasteiger partial charge on any atom is -0.272 e. The first-order chi connectivity index (χ1) is 11.1. The second kappa shape index (κ2) is 6.60.